The number of hydrogen-bond acceptors (Lipinski definition) is 4. The number of rotatable bonds is 4. The van der Waals surface area contributed by atoms with E-state index in [-0.39, 0.29) is 5.91 Å². The molecule has 0 saturated carbocycles. The zero-order chi connectivity index (χ0) is 20.1. The van der Waals surface area contributed by atoms with Crippen LogP contribution in [0.1, 0.15) is 32.3 Å². The van der Waals surface area contributed by atoms with Gasteiger partial charge in [-0.1, -0.05) is 32.9 Å². The second-order valence-electron chi connectivity index (χ2n) is 6.60. The quantitative estimate of drug-likeness (QED) is 0.737. The maximum atomic E-state index is 12.9. The van der Waals surface area contributed by atoms with E-state index in [0.29, 0.717) is 49.4 Å². The summed E-state index contributed by atoms with van der Waals surface area (Å²) in [5.41, 5.74) is 6.63. The zero-order valence-electron chi connectivity index (χ0n) is 17.0. The smallest absolute Gasteiger partial charge is 0.266 e. The minimum Gasteiger partial charge on any atom is -0.486 e. The van der Waals surface area contributed by atoms with Crippen molar-refractivity contribution in [2.45, 2.75) is 26.7 Å². The molecule has 3 aliphatic rings. The normalized spacial score (nSPS) is 18.6. The maximum Gasteiger partial charge on any atom is 0.266 e. The summed E-state index contributed by atoms with van der Waals surface area (Å²) in [6, 6.07) is 8.08. The summed E-state index contributed by atoms with van der Waals surface area (Å²) in [6.07, 6.45) is 3.59. The minimum absolute atomic E-state index is 0.0509. The van der Waals surface area contributed by atoms with E-state index < -0.39 is 0 Å². The predicted octanol–water partition coefficient (Wildman–Crippen LogP) is 4.09. The van der Waals surface area contributed by atoms with Crippen molar-refractivity contribution in [2.24, 2.45) is 0 Å². The van der Waals surface area contributed by atoms with Gasteiger partial charge >= 0.3 is 0 Å². The largest absolute Gasteiger partial charge is 0.486 e. The predicted molar refractivity (Wildman–Crippen MR) is 109 cm³/mol. The van der Waals surface area contributed by atoms with Crippen LogP contribution in [0.5, 0.6) is 0 Å². The molecule has 0 N–H and O–H groups in total. The average molecular weight is 381 g/mol. The highest BCUT2D eigenvalue weighted by Crippen LogP contribution is 2.32. The number of anilines is 1. The van der Waals surface area contributed by atoms with Gasteiger partial charge in [0.2, 0.25) is 0 Å². The summed E-state index contributed by atoms with van der Waals surface area (Å²) in [5, 5.41) is 0. The van der Waals surface area contributed by atoms with E-state index in [1.807, 2.05) is 32.1 Å². The summed E-state index contributed by atoms with van der Waals surface area (Å²) in [6.45, 7) is 8.33. The third-order valence-corrected chi connectivity index (χ3v) is 4.79. The SMILES string of the molecule is CC.COCC(C)c1ccc(N2CC3=CC4=C(C=C=C3C2=O)OCCO4)cc1. The van der Waals surface area contributed by atoms with E-state index >= 15 is 0 Å². The van der Waals surface area contributed by atoms with Gasteiger partial charge < -0.3 is 19.1 Å². The lowest BCUT2D eigenvalue weighted by molar-refractivity contribution is -0.114. The highest BCUT2D eigenvalue weighted by Gasteiger charge is 2.33. The van der Waals surface area contributed by atoms with Crippen LogP contribution >= 0.6 is 0 Å². The van der Waals surface area contributed by atoms with Gasteiger partial charge in [-0.25, -0.2) is 0 Å². The molecule has 1 aromatic carbocycles. The van der Waals surface area contributed by atoms with Gasteiger partial charge in [0.05, 0.1) is 18.7 Å². The first-order valence-electron chi connectivity index (χ1n) is 9.75. The molecule has 1 aromatic rings. The molecule has 4 rings (SSSR count). The Morgan fingerprint density at radius 1 is 1.14 bits per heavy atom. The number of hydrogen-bond donors (Lipinski definition) is 0. The Bertz CT molecular complexity index is 857. The van der Waals surface area contributed by atoms with Crippen LogP contribution in [0.25, 0.3) is 0 Å². The number of nitrogens with zero attached hydrogens (tertiary/aromatic N) is 1. The van der Waals surface area contributed by atoms with Crippen LogP contribution in [0.3, 0.4) is 0 Å². The second-order valence-corrected chi connectivity index (χ2v) is 6.60. The zero-order valence-corrected chi connectivity index (χ0v) is 17.0. The van der Waals surface area contributed by atoms with Crippen molar-refractivity contribution >= 4 is 11.6 Å². The third-order valence-electron chi connectivity index (χ3n) is 4.79. The topological polar surface area (TPSA) is 48.0 Å². The number of allylic oxidation sites excluding steroid dienone is 2. The fourth-order valence-electron chi connectivity index (χ4n) is 3.37. The van der Waals surface area contributed by atoms with Gasteiger partial charge in [-0.05, 0) is 29.3 Å². The monoisotopic (exact) mass is 381 g/mol. The molecule has 0 radical (unpaired) electrons. The molecule has 0 spiro atoms. The van der Waals surface area contributed by atoms with E-state index in [1.54, 1.807) is 18.1 Å². The van der Waals surface area contributed by atoms with Crippen LogP contribution in [0.4, 0.5) is 5.69 Å². The summed E-state index contributed by atoms with van der Waals surface area (Å²) in [7, 11) is 1.70. The Morgan fingerprint density at radius 3 is 2.50 bits per heavy atom. The van der Waals surface area contributed by atoms with Crippen molar-refractivity contribution in [1.29, 1.82) is 0 Å². The molecule has 28 heavy (non-hydrogen) atoms. The standard InChI is InChI=1S/C21H21NO4.C2H6/c1-14(13-24-2)15-3-5-17(6-4-15)22-12-16-11-20-19(25-9-10-26-20)8-7-18(16)21(22)23;1-2/h3-6,8,11,14H,9-10,12-13H2,1-2H3;1-2H3. The van der Waals surface area contributed by atoms with Crippen LogP contribution in [-0.2, 0) is 19.0 Å². The second kappa shape index (κ2) is 8.96. The van der Waals surface area contributed by atoms with Crippen LogP contribution in [0.2, 0.25) is 0 Å². The fraction of sp³-hybridized carbons (Fsp3) is 0.391. The van der Waals surface area contributed by atoms with Crippen LogP contribution in [0, 0.1) is 0 Å². The van der Waals surface area contributed by atoms with Crippen molar-refractivity contribution in [3.8, 4) is 0 Å². The van der Waals surface area contributed by atoms with E-state index in [2.05, 4.69) is 24.8 Å². The van der Waals surface area contributed by atoms with E-state index in [0.717, 1.165) is 11.3 Å². The molecule has 1 fully saturated rings. The number of amides is 1. The molecular formula is C23H27NO4. The fourth-order valence-corrected chi connectivity index (χ4v) is 3.37. The first-order valence-corrected chi connectivity index (χ1v) is 9.75. The lowest BCUT2D eigenvalue weighted by Gasteiger charge is -2.18. The lowest BCUT2D eigenvalue weighted by Crippen LogP contribution is -2.24. The van der Waals surface area contributed by atoms with Crippen molar-refractivity contribution < 1.29 is 19.0 Å². The molecule has 5 nitrogen and oxygen atoms in total. The van der Waals surface area contributed by atoms with Crippen LogP contribution in [0.15, 0.2) is 64.8 Å². The van der Waals surface area contributed by atoms with E-state index in [1.165, 1.54) is 5.56 Å². The van der Waals surface area contributed by atoms with Gasteiger partial charge in [0.1, 0.15) is 13.2 Å². The lowest BCUT2D eigenvalue weighted by atomic mass is 10.0. The Morgan fingerprint density at radius 2 is 1.82 bits per heavy atom. The molecule has 0 bridgehead atoms. The first kappa shape index (κ1) is 20.0. The van der Waals surface area contributed by atoms with Crippen LogP contribution < -0.4 is 4.90 Å². The number of carbonyl (C=O) groups is 1. The van der Waals surface area contributed by atoms with Gasteiger partial charge in [-0.15, -0.1) is 5.73 Å². The first-order chi connectivity index (χ1) is 13.7. The summed E-state index contributed by atoms with van der Waals surface area (Å²) in [4.78, 5) is 14.6. The highest BCUT2D eigenvalue weighted by atomic mass is 16.6. The molecule has 5 heteroatoms. The van der Waals surface area contributed by atoms with Crippen molar-refractivity contribution in [2.75, 3.05) is 38.4 Å². The number of benzene rings is 1. The molecule has 2 heterocycles. The van der Waals surface area contributed by atoms with Crippen molar-refractivity contribution in [1.82, 2.24) is 0 Å². The molecule has 0 aromatic heterocycles. The third kappa shape index (κ3) is 3.91. The molecule has 1 unspecified atom stereocenters. The van der Waals surface area contributed by atoms with E-state index in [4.69, 9.17) is 14.2 Å². The Balaban J connectivity index is 0.00000109. The average Bonchev–Trinajstić information content (AvgIpc) is 2.93. The van der Waals surface area contributed by atoms with E-state index in [9.17, 15) is 4.79 Å². The number of ether oxygens (including phenoxy) is 3. The minimum atomic E-state index is -0.0509. The summed E-state index contributed by atoms with van der Waals surface area (Å²) in [5.74, 6) is 1.58. The van der Waals surface area contributed by atoms with Gasteiger partial charge in [0.15, 0.2) is 11.5 Å². The van der Waals surface area contributed by atoms with Crippen LogP contribution in [-0.4, -0.2) is 39.4 Å². The Kier molecular flexibility index (Phi) is 6.40. The molecular weight excluding hydrogens is 354 g/mol. The number of fused-ring (bicyclic) bond motifs is 1. The molecule has 1 saturated heterocycles. The Labute approximate surface area is 166 Å². The Hall–Kier alpha value is -2.75. The molecule has 1 atom stereocenters. The number of carbonyl (C=O) groups excluding carboxylic acids is 1. The number of methoxy groups -OCH3 is 1. The molecule has 1 aliphatic carbocycles. The maximum absolute atomic E-state index is 12.9. The van der Waals surface area contributed by atoms with Gasteiger partial charge in [0, 0.05) is 24.8 Å². The van der Waals surface area contributed by atoms with Gasteiger partial charge in [-0.3, -0.25) is 4.79 Å². The summed E-state index contributed by atoms with van der Waals surface area (Å²) >= 11 is 0. The van der Waals surface area contributed by atoms with Crippen molar-refractivity contribution in [3.63, 3.8) is 0 Å². The van der Waals surface area contributed by atoms with Gasteiger partial charge in [-0.2, -0.15) is 0 Å². The van der Waals surface area contributed by atoms with Crippen molar-refractivity contribution in [3.05, 3.63) is 70.4 Å². The van der Waals surface area contributed by atoms with Gasteiger partial charge in [0.25, 0.3) is 5.91 Å². The molecule has 148 valence electrons. The highest BCUT2D eigenvalue weighted by molar-refractivity contribution is 6.12. The molecule has 2 aliphatic heterocycles. The molecule has 1 amide bonds. The summed E-state index contributed by atoms with van der Waals surface area (Å²) < 4.78 is 16.4.